The maximum Gasteiger partial charge on any atom is 0.113 e. The number of aromatic nitrogens is 1. The molecule has 1 aliphatic rings. The highest BCUT2D eigenvalue weighted by atomic mass is 35.5. The Bertz CT molecular complexity index is 586. The average molecular weight is 331 g/mol. The van der Waals surface area contributed by atoms with Crippen LogP contribution in [0, 0.1) is 0 Å². The molecule has 0 saturated carbocycles. The maximum atomic E-state index is 6.10. The number of fused-ring (bicyclic) bond motifs is 1. The van der Waals surface area contributed by atoms with Gasteiger partial charge < -0.3 is 5.32 Å². The van der Waals surface area contributed by atoms with E-state index in [0.717, 1.165) is 33.1 Å². The quantitative estimate of drug-likeness (QED) is 0.876. The van der Waals surface area contributed by atoms with Crippen LogP contribution in [0.2, 0.25) is 9.36 Å². The molecule has 2 heterocycles. The Hall–Kier alpha value is -0.260. The van der Waals surface area contributed by atoms with Crippen LogP contribution < -0.4 is 5.32 Å². The van der Waals surface area contributed by atoms with Crippen molar-refractivity contribution in [3.8, 4) is 0 Å². The van der Waals surface area contributed by atoms with Crippen LogP contribution in [0.3, 0.4) is 0 Å². The second kappa shape index (κ2) is 6.02. The molecule has 0 bridgehead atoms. The van der Waals surface area contributed by atoms with Crippen molar-refractivity contribution < 1.29 is 0 Å². The molecule has 0 radical (unpaired) electrons. The fraction of sp³-hybridized carbons (Fsp3) is 0.308. The van der Waals surface area contributed by atoms with Gasteiger partial charge in [0.05, 0.1) is 6.20 Å². The van der Waals surface area contributed by atoms with Crippen molar-refractivity contribution in [2.75, 3.05) is 5.75 Å². The molecule has 3 rings (SSSR count). The summed E-state index contributed by atoms with van der Waals surface area (Å²) in [5.41, 5.74) is 1.30. The van der Waals surface area contributed by atoms with Gasteiger partial charge in [-0.25, -0.2) is 4.98 Å². The Labute approximate surface area is 130 Å². The molecule has 100 valence electrons. The molecule has 1 unspecified atom stereocenters. The summed E-state index contributed by atoms with van der Waals surface area (Å²) < 4.78 is 0.736. The Morgan fingerprint density at radius 1 is 1.37 bits per heavy atom. The molecule has 0 aliphatic carbocycles. The van der Waals surface area contributed by atoms with Crippen LogP contribution >= 0.6 is 46.3 Å². The molecular formula is C13H12Cl2N2S2. The van der Waals surface area contributed by atoms with E-state index >= 15 is 0 Å². The van der Waals surface area contributed by atoms with Crippen LogP contribution in [0.5, 0.6) is 0 Å². The lowest BCUT2D eigenvalue weighted by Crippen LogP contribution is -2.24. The molecular weight excluding hydrogens is 319 g/mol. The lowest BCUT2D eigenvalue weighted by molar-refractivity contribution is 0.509. The zero-order valence-electron chi connectivity index (χ0n) is 10.0. The van der Waals surface area contributed by atoms with E-state index in [4.69, 9.17) is 23.2 Å². The number of nitrogens with one attached hydrogen (secondary N) is 1. The zero-order valence-corrected chi connectivity index (χ0v) is 13.2. The van der Waals surface area contributed by atoms with E-state index in [1.165, 1.54) is 21.8 Å². The highest BCUT2D eigenvalue weighted by Crippen LogP contribution is 2.37. The van der Waals surface area contributed by atoms with Gasteiger partial charge in [-0.15, -0.1) is 23.1 Å². The molecule has 1 N–H and O–H groups in total. The van der Waals surface area contributed by atoms with Crippen LogP contribution in [0.25, 0.3) is 0 Å². The Balaban J connectivity index is 1.74. The molecule has 19 heavy (non-hydrogen) atoms. The third-order valence-corrected chi connectivity index (χ3v) is 5.51. The first-order chi connectivity index (χ1) is 9.22. The van der Waals surface area contributed by atoms with E-state index in [9.17, 15) is 0 Å². The third-order valence-electron chi connectivity index (χ3n) is 3.04. The molecule has 0 fully saturated rings. The molecule has 6 heteroatoms. The Kier molecular flexibility index (Phi) is 4.34. The first-order valence-corrected chi connectivity index (χ1v) is 8.54. The maximum absolute atomic E-state index is 6.10. The monoisotopic (exact) mass is 330 g/mol. The lowest BCUT2D eigenvalue weighted by atomic mass is 10.0. The molecule has 1 aromatic carbocycles. The summed E-state index contributed by atoms with van der Waals surface area (Å²) >= 11 is 15.4. The molecule has 2 aromatic rings. The van der Waals surface area contributed by atoms with Crippen molar-refractivity contribution >= 4 is 46.3 Å². The van der Waals surface area contributed by atoms with E-state index in [1.54, 1.807) is 6.20 Å². The van der Waals surface area contributed by atoms with Gasteiger partial charge in [0.1, 0.15) is 9.34 Å². The van der Waals surface area contributed by atoms with E-state index < -0.39 is 0 Å². The molecule has 0 spiro atoms. The number of nitrogens with zero attached hydrogens (tertiary/aromatic N) is 1. The summed E-state index contributed by atoms with van der Waals surface area (Å²) in [5.74, 6) is 1.13. The lowest BCUT2D eigenvalue weighted by Gasteiger charge is -2.26. The van der Waals surface area contributed by atoms with Gasteiger partial charge in [0, 0.05) is 22.5 Å². The summed E-state index contributed by atoms with van der Waals surface area (Å²) in [6, 6.07) is 6.47. The van der Waals surface area contributed by atoms with Crippen LogP contribution in [-0.2, 0) is 6.54 Å². The van der Waals surface area contributed by atoms with Crippen molar-refractivity contribution in [3.63, 3.8) is 0 Å². The molecule has 1 aliphatic heterocycles. The molecule has 0 amide bonds. The smallest absolute Gasteiger partial charge is 0.113 e. The normalized spacial score (nSPS) is 18.3. The fourth-order valence-electron chi connectivity index (χ4n) is 2.16. The predicted octanol–water partition coefficient (Wildman–Crippen LogP) is 4.78. The van der Waals surface area contributed by atoms with E-state index in [1.807, 2.05) is 17.8 Å². The minimum atomic E-state index is 0.345. The second-order valence-corrected chi connectivity index (χ2v) is 7.63. The van der Waals surface area contributed by atoms with Gasteiger partial charge in [0.2, 0.25) is 0 Å². The minimum absolute atomic E-state index is 0.345. The predicted molar refractivity (Wildman–Crippen MR) is 83.5 cm³/mol. The number of thioether (sulfide) groups is 1. The molecule has 1 atom stereocenters. The summed E-state index contributed by atoms with van der Waals surface area (Å²) in [5, 5.41) is 5.37. The van der Waals surface area contributed by atoms with Crippen LogP contribution in [-0.4, -0.2) is 10.7 Å². The highest BCUT2D eigenvalue weighted by molar-refractivity contribution is 7.99. The number of hydrogen-bond acceptors (Lipinski definition) is 4. The Morgan fingerprint density at radius 2 is 2.26 bits per heavy atom. The van der Waals surface area contributed by atoms with E-state index in [-0.39, 0.29) is 0 Å². The standard InChI is InChI=1S/C13H12Cl2N2S2/c14-8-1-2-11-9(5-8)10(3-4-18-11)16-7-13-17-6-12(15)19-13/h1-2,5-6,10,16H,3-4,7H2. The number of hydrogen-bond donors (Lipinski definition) is 1. The number of thiazole rings is 1. The van der Waals surface area contributed by atoms with Crippen molar-refractivity contribution in [3.05, 3.63) is 44.3 Å². The molecule has 1 aromatic heterocycles. The second-order valence-electron chi connectivity index (χ2n) is 4.31. The average Bonchev–Trinajstić information content (AvgIpc) is 2.82. The summed E-state index contributed by atoms with van der Waals surface area (Å²) in [4.78, 5) is 5.59. The van der Waals surface area contributed by atoms with Crippen LogP contribution in [0.4, 0.5) is 0 Å². The van der Waals surface area contributed by atoms with Gasteiger partial charge >= 0.3 is 0 Å². The summed E-state index contributed by atoms with van der Waals surface area (Å²) in [6.45, 7) is 0.749. The number of benzene rings is 1. The van der Waals surface area contributed by atoms with Gasteiger partial charge in [-0.1, -0.05) is 23.2 Å². The van der Waals surface area contributed by atoms with Gasteiger partial charge in [0.25, 0.3) is 0 Å². The number of halogens is 2. The van der Waals surface area contributed by atoms with Crippen LogP contribution in [0.1, 0.15) is 23.0 Å². The zero-order chi connectivity index (χ0) is 13.2. The van der Waals surface area contributed by atoms with Crippen molar-refractivity contribution in [2.24, 2.45) is 0 Å². The fourth-order valence-corrected chi connectivity index (χ4v) is 4.35. The van der Waals surface area contributed by atoms with E-state index in [0.29, 0.717) is 6.04 Å². The van der Waals surface area contributed by atoms with Crippen LogP contribution in [0.15, 0.2) is 29.3 Å². The first kappa shape index (κ1) is 13.7. The van der Waals surface area contributed by atoms with E-state index in [2.05, 4.69) is 22.4 Å². The molecule has 2 nitrogen and oxygen atoms in total. The van der Waals surface area contributed by atoms with Gasteiger partial charge in [-0.2, -0.15) is 0 Å². The van der Waals surface area contributed by atoms with Crippen molar-refractivity contribution in [1.29, 1.82) is 0 Å². The first-order valence-electron chi connectivity index (χ1n) is 5.98. The van der Waals surface area contributed by atoms with Gasteiger partial charge in [-0.05, 0) is 35.9 Å². The van der Waals surface area contributed by atoms with Crippen molar-refractivity contribution in [1.82, 2.24) is 10.3 Å². The Morgan fingerprint density at radius 3 is 3.05 bits per heavy atom. The molecule has 0 saturated heterocycles. The third kappa shape index (κ3) is 3.26. The summed E-state index contributed by atoms with van der Waals surface area (Å²) in [7, 11) is 0. The van der Waals surface area contributed by atoms with Gasteiger partial charge in [0.15, 0.2) is 0 Å². The highest BCUT2D eigenvalue weighted by Gasteiger charge is 2.20. The number of rotatable bonds is 3. The van der Waals surface area contributed by atoms with Gasteiger partial charge in [-0.3, -0.25) is 0 Å². The topological polar surface area (TPSA) is 24.9 Å². The largest absolute Gasteiger partial charge is 0.303 e. The van der Waals surface area contributed by atoms with Crippen molar-refractivity contribution in [2.45, 2.75) is 23.9 Å². The minimum Gasteiger partial charge on any atom is -0.303 e. The SMILES string of the molecule is Clc1ccc2c(c1)C(NCc1ncc(Cl)s1)CCS2. The summed E-state index contributed by atoms with van der Waals surface area (Å²) in [6.07, 6.45) is 2.81.